The zero-order valence-electron chi connectivity index (χ0n) is 11.6. The number of allylic oxidation sites excluding steroid dienone is 1. The minimum absolute atomic E-state index is 0.0226. The predicted octanol–water partition coefficient (Wildman–Crippen LogP) is 4.38. The predicted molar refractivity (Wildman–Crippen MR) is 91.7 cm³/mol. The Morgan fingerprint density at radius 3 is 2.90 bits per heavy atom. The van der Waals surface area contributed by atoms with Crippen LogP contribution in [0.4, 0.5) is 5.69 Å². The van der Waals surface area contributed by atoms with Crippen LogP contribution in [-0.4, -0.2) is 10.9 Å². The lowest BCUT2D eigenvalue weighted by molar-refractivity contribution is -0.123. The maximum Gasteiger partial charge on any atom is 0.230 e. The van der Waals surface area contributed by atoms with Crippen LogP contribution in [0.2, 0.25) is 0 Å². The molecule has 0 fully saturated rings. The monoisotopic (exact) mass is 380 g/mol. The Morgan fingerprint density at radius 2 is 2.20 bits per heavy atom. The summed E-state index contributed by atoms with van der Waals surface area (Å²) in [6, 6.07) is 7.80. The van der Waals surface area contributed by atoms with Crippen molar-refractivity contribution in [2.24, 2.45) is 5.41 Å². The molecule has 2 aromatic rings. The number of amides is 1. The molecule has 0 atom stereocenters. The smallest absolute Gasteiger partial charge is 0.230 e. The van der Waals surface area contributed by atoms with Gasteiger partial charge >= 0.3 is 0 Å². The van der Waals surface area contributed by atoms with E-state index in [-0.39, 0.29) is 5.91 Å². The zero-order chi connectivity index (χ0) is 14.8. The van der Waals surface area contributed by atoms with E-state index in [1.165, 1.54) is 0 Å². The highest BCUT2D eigenvalue weighted by atomic mass is 127. The molecule has 0 aliphatic heterocycles. The Hall–Kier alpha value is -1.43. The lowest BCUT2D eigenvalue weighted by Gasteiger charge is -2.22. The molecule has 0 aliphatic rings. The molecular weight excluding hydrogens is 363 g/mol. The zero-order valence-corrected chi connectivity index (χ0v) is 13.8. The van der Waals surface area contributed by atoms with E-state index >= 15 is 0 Å². The van der Waals surface area contributed by atoms with E-state index in [1.807, 2.05) is 38.1 Å². The lowest BCUT2D eigenvalue weighted by Crippen LogP contribution is -2.30. The minimum atomic E-state index is -0.480. The molecule has 0 saturated carbocycles. The van der Waals surface area contributed by atoms with E-state index < -0.39 is 5.41 Å². The summed E-state index contributed by atoms with van der Waals surface area (Å²) in [4.78, 5) is 16.7. The van der Waals surface area contributed by atoms with E-state index in [2.05, 4.69) is 39.5 Å². The SMILES string of the molecule is C=CCC(C)(C)C(=O)Nc1ccc(I)c2cccnc12. The van der Waals surface area contributed by atoms with Crippen molar-refractivity contribution >= 4 is 45.1 Å². The highest BCUT2D eigenvalue weighted by molar-refractivity contribution is 14.1. The van der Waals surface area contributed by atoms with Crippen LogP contribution >= 0.6 is 22.6 Å². The number of halogens is 1. The number of nitrogens with one attached hydrogen (secondary N) is 1. The van der Waals surface area contributed by atoms with Crippen molar-refractivity contribution in [3.63, 3.8) is 0 Å². The average Bonchev–Trinajstić information content (AvgIpc) is 2.42. The molecule has 0 aliphatic carbocycles. The van der Waals surface area contributed by atoms with Gasteiger partial charge in [-0.3, -0.25) is 9.78 Å². The molecule has 104 valence electrons. The van der Waals surface area contributed by atoms with Gasteiger partial charge in [0.05, 0.1) is 11.2 Å². The van der Waals surface area contributed by atoms with Crippen molar-refractivity contribution in [1.82, 2.24) is 4.98 Å². The summed E-state index contributed by atoms with van der Waals surface area (Å²) >= 11 is 2.27. The molecule has 0 bridgehead atoms. The van der Waals surface area contributed by atoms with Gasteiger partial charge in [0, 0.05) is 20.6 Å². The normalized spacial score (nSPS) is 11.3. The third-order valence-electron chi connectivity index (χ3n) is 3.23. The van der Waals surface area contributed by atoms with Crippen LogP contribution in [0.1, 0.15) is 20.3 Å². The van der Waals surface area contributed by atoms with E-state index in [0.29, 0.717) is 6.42 Å². The second-order valence-corrected chi connectivity index (χ2v) is 6.49. The van der Waals surface area contributed by atoms with Crippen molar-refractivity contribution in [1.29, 1.82) is 0 Å². The first-order valence-corrected chi connectivity index (χ1v) is 7.49. The van der Waals surface area contributed by atoms with Crippen LogP contribution in [0.5, 0.6) is 0 Å². The Labute approximate surface area is 132 Å². The van der Waals surface area contributed by atoms with Crippen LogP contribution in [0.15, 0.2) is 43.1 Å². The first-order chi connectivity index (χ1) is 9.45. The Bertz CT molecular complexity index is 665. The largest absolute Gasteiger partial charge is 0.324 e. The summed E-state index contributed by atoms with van der Waals surface area (Å²) in [6.45, 7) is 7.52. The van der Waals surface area contributed by atoms with Gasteiger partial charge in [-0.25, -0.2) is 0 Å². The fourth-order valence-electron chi connectivity index (χ4n) is 1.98. The van der Waals surface area contributed by atoms with Crippen LogP contribution in [0.3, 0.4) is 0 Å². The van der Waals surface area contributed by atoms with Gasteiger partial charge in [0.25, 0.3) is 0 Å². The molecule has 20 heavy (non-hydrogen) atoms. The maximum atomic E-state index is 12.4. The molecule has 0 radical (unpaired) electrons. The van der Waals surface area contributed by atoms with Gasteiger partial charge < -0.3 is 5.32 Å². The number of aromatic nitrogens is 1. The number of nitrogens with zero attached hydrogens (tertiary/aromatic N) is 1. The molecule has 0 unspecified atom stereocenters. The third-order valence-corrected chi connectivity index (χ3v) is 4.17. The number of anilines is 1. The van der Waals surface area contributed by atoms with E-state index in [0.717, 1.165) is 20.2 Å². The fraction of sp³-hybridized carbons (Fsp3) is 0.250. The lowest BCUT2D eigenvalue weighted by atomic mass is 9.88. The average molecular weight is 380 g/mol. The Kier molecular flexibility index (Phi) is 4.42. The number of hydrogen-bond donors (Lipinski definition) is 1. The Balaban J connectivity index is 2.38. The van der Waals surface area contributed by atoms with Crippen LogP contribution in [0, 0.1) is 8.99 Å². The van der Waals surface area contributed by atoms with Gasteiger partial charge in [0.2, 0.25) is 5.91 Å². The van der Waals surface area contributed by atoms with E-state index in [9.17, 15) is 4.79 Å². The highest BCUT2D eigenvalue weighted by Crippen LogP contribution is 2.28. The molecule has 0 saturated heterocycles. The number of benzene rings is 1. The molecule has 1 N–H and O–H groups in total. The number of pyridine rings is 1. The molecule has 2 rings (SSSR count). The van der Waals surface area contributed by atoms with E-state index in [1.54, 1.807) is 12.3 Å². The van der Waals surface area contributed by atoms with Gasteiger partial charge in [0.1, 0.15) is 0 Å². The summed E-state index contributed by atoms with van der Waals surface area (Å²) in [7, 11) is 0. The first-order valence-electron chi connectivity index (χ1n) is 6.41. The third kappa shape index (κ3) is 3.00. The van der Waals surface area contributed by atoms with Crippen LogP contribution < -0.4 is 5.32 Å². The van der Waals surface area contributed by atoms with Gasteiger partial charge in [-0.2, -0.15) is 0 Å². The van der Waals surface area contributed by atoms with Crippen molar-refractivity contribution in [3.8, 4) is 0 Å². The van der Waals surface area contributed by atoms with Gasteiger partial charge in [-0.15, -0.1) is 6.58 Å². The number of fused-ring (bicyclic) bond motifs is 1. The molecular formula is C16H17IN2O. The van der Waals surface area contributed by atoms with Gasteiger partial charge in [0.15, 0.2) is 0 Å². The summed E-state index contributed by atoms with van der Waals surface area (Å²) < 4.78 is 1.12. The van der Waals surface area contributed by atoms with Gasteiger partial charge in [-0.1, -0.05) is 26.0 Å². The first kappa shape index (κ1) is 15.0. The molecule has 1 aromatic carbocycles. The molecule has 0 spiro atoms. The molecule has 4 heteroatoms. The minimum Gasteiger partial charge on any atom is -0.324 e. The van der Waals surface area contributed by atoms with Crippen LogP contribution in [0.25, 0.3) is 10.9 Å². The molecule has 1 aromatic heterocycles. The second kappa shape index (κ2) is 5.91. The quantitative estimate of drug-likeness (QED) is 0.632. The van der Waals surface area contributed by atoms with Gasteiger partial charge in [-0.05, 0) is 47.2 Å². The fourth-order valence-corrected chi connectivity index (χ4v) is 2.60. The molecule has 1 heterocycles. The van der Waals surface area contributed by atoms with Crippen molar-refractivity contribution in [2.45, 2.75) is 20.3 Å². The van der Waals surface area contributed by atoms with E-state index in [4.69, 9.17) is 0 Å². The number of carbonyl (C=O) groups is 1. The van der Waals surface area contributed by atoms with Crippen molar-refractivity contribution < 1.29 is 4.79 Å². The summed E-state index contributed by atoms with van der Waals surface area (Å²) in [6.07, 6.45) is 4.14. The Morgan fingerprint density at radius 1 is 1.45 bits per heavy atom. The summed E-state index contributed by atoms with van der Waals surface area (Å²) in [5.74, 6) is -0.0226. The van der Waals surface area contributed by atoms with Crippen LogP contribution in [-0.2, 0) is 4.79 Å². The van der Waals surface area contributed by atoms with Crippen molar-refractivity contribution in [3.05, 3.63) is 46.7 Å². The topological polar surface area (TPSA) is 42.0 Å². The van der Waals surface area contributed by atoms with Crippen molar-refractivity contribution in [2.75, 3.05) is 5.32 Å². The summed E-state index contributed by atoms with van der Waals surface area (Å²) in [5.41, 5.74) is 1.09. The molecule has 1 amide bonds. The number of hydrogen-bond acceptors (Lipinski definition) is 2. The highest BCUT2D eigenvalue weighted by Gasteiger charge is 2.26. The molecule has 3 nitrogen and oxygen atoms in total. The second-order valence-electron chi connectivity index (χ2n) is 5.33. The standard InChI is InChI=1S/C16H17IN2O/c1-4-9-16(2,3)15(20)19-13-8-7-12(17)11-6-5-10-18-14(11)13/h4-8,10H,1,9H2,2-3H3,(H,19,20). The summed E-state index contributed by atoms with van der Waals surface area (Å²) in [5, 5.41) is 4.03. The number of carbonyl (C=O) groups excluding carboxylic acids is 1. The maximum absolute atomic E-state index is 12.4. The number of rotatable bonds is 4.